The zero-order valence-electron chi connectivity index (χ0n) is 34.6. The maximum absolute atomic E-state index is 5.20. The normalized spacial score (nSPS) is 13.1. The second kappa shape index (κ2) is 13.3. The van der Waals surface area contributed by atoms with E-state index < -0.39 is 0 Å². The standard InChI is InChI=1S/C60H36N4/c1-3-13-40(14-4-1)57-61-58(63-59(62-57)43-31-33-47-46-20-8-10-24-53(46)64(54(47)36-43)44-17-5-2-6-18-44)41-29-25-37(26-30-41)42-32-34-50-48(35-42)45-19-7-9-21-49(45)60(50)51-22-11-15-38-27-28-39-16-12-23-52(60)56(39)55(38)51/h1-36H. The lowest BCUT2D eigenvalue weighted by atomic mass is 9.70. The molecule has 0 unspecified atom stereocenters. The fourth-order valence-corrected chi connectivity index (χ4v) is 11.1. The van der Waals surface area contributed by atoms with Crippen molar-refractivity contribution in [3.05, 3.63) is 241 Å². The Balaban J connectivity index is 0.886. The van der Waals surface area contributed by atoms with Crippen LogP contribution in [0.5, 0.6) is 0 Å². The van der Waals surface area contributed by atoms with Gasteiger partial charge in [0, 0.05) is 33.2 Å². The molecule has 2 heterocycles. The number of fused-ring (bicyclic) bond motifs is 10. The van der Waals surface area contributed by atoms with Gasteiger partial charge in [0.15, 0.2) is 17.5 Å². The first-order valence-corrected chi connectivity index (χ1v) is 21.9. The maximum Gasteiger partial charge on any atom is 0.164 e. The zero-order valence-corrected chi connectivity index (χ0v) is 34.6. The SMILES string of the molecule is c1ccc(-c2nc(-c3ccc(-c4ccc5c(c4)-c4ccccc4C54c5cccc6ccc7cccc4c7c56)cc3)nc(-c3ccc4c5ccccc5n(-c5ccccc5)c4c3)n2)cc1. The first-order valence-electron chi connectivity index (χ1n) is 21.9. The average molecular weight is 813 g/mol. The fraction of sp³-hybridized carbons (Fsp3) is 0.0167. The molecule has 64 heavy (non-hydrogen) atoms. The van der Waals surface area contributed by atoms with Gasteiger partial charge >= 0.3 is 0 Å². The van der Waals surface area contributed by atoms with Gasteiger partial charge in [-0.05, 0) is 96.4 Å². The van der Waals surface area contributed by atoms with Crippen LogP contribution < -0.4 is 0 Å². The van der Waals surface area contributed by atoms with Crippen LogP contribution in [0.4, 0.5) is 0 Å². The summed E-state index contributed by atoms with van der Waals surface area (Å²) in [6, 6.07) is 79.0. The van der Waals surface area contributed by atoms with Crippen molar-refractivity contribution in [3.63, 3.8) is 0 Å². The van der Waals surface area contributed by atoms with Gasteiger partial charge in [-0.15, -0.1) is 0 Å². The summed E-state index contributed by atoms with van der Waals surface area (Å²) in [5.41, 5.74) is 16.2. The van der Waals surface area contributed by atoms with E-state index in [4.69, 9.17) is 15.0 Å². The quantitative estimate of drug-likeness (QED) is 0.163. The average Bonchev–Trinajstić information content (AvgIpc) is 3.98. The molecule has 0 radical (unpaired) electrons. The number of hydrogen-bond donors (Lipinski definition) is 0. The second-order valence-corrected chi connectivity index (χ2v) is 17.1. The number of benzene rings is 10. The lowest BCUT2D eigenvalue weighted by Gasteiger charge is -2.30. The lowest BCUT2D eigenvalue weighted by molar-refractivity contribution is 0.797. The van der Waals surface area contributed by atoms with Gasteiger partial charge in [-0.25, -0.2) is 15.0 Å². The van der Waals surface area contributed by atoms with Crippen LogP contribution in [0.15, 0.2) is 218 Å². The van der Waals surface area contributed by atoms with Crippen LogP contribution in [0, 0.1) is 0 Å². The van der Waals surface area contributed by atoms with Crippen LogP contribution in [0.1, 0.15) is 22.3 Å². The molecule has 0 N–H and O–H groups in total. The molecule has 14 rings (SSSR count). The van der Waals surface area contributed by atoms with Crippen LogP contribution >= 0.6 is 0 Å². The molecule has 0 fully saturated rings. The van der Waals surface area contributed by atoms with Gasteiger partial charge < -0.3 is 4.57 Å². The third kappa shape index (κ3) is 4.85. The van der Waals surface area contributed by atoms with Crippen molar-refractivity contribution in [2.45, 2.75) is 5.41 Å². The third-order valence-corrected chi connectivity index (χ3v) is 13.8. The van der Waals surface area contributed by atoms with Crippen LogP contribution in [0.3, 0.4) is 0 Å². The summed E-state index contributed by atoms with van der Waals surface area (Å²) in [7, 11) is 0. The van der Waals surface area contributed by atoms with E-state index in [9.17, 15) is 0 Å². The molecule has 0 atom stereocenters. The lowest BCUT2D eigenvalue weighted by Crippen LogP contribution is -2.26. The Hall–Kier alpha value is -8.47. The summed E-state index contributed by atoms with van der Waals surface area (Å²) in [6.45, 7) is 0. The summed E-state index contributed by atoms with van der Waals surface area (Å²) in [6.07, 6.45) is 0. The Morgan fingerprint density at radius 3 is 1.58 bits per heavy atom. The van der Waals surface area contributed by atoms with Gasteiger partial charge in [0.2, 0.25) is 0 Å². The smallest absolute Gasteiger partial charge is 0.164 e. The highest BCUT2D eigenvalue weighted by Crippen LogP contribution is 2.62. The Kier molecular flexibility index (Phi) is 7.29. The van der Waals surface area contributed by atoms with Gasteiger partial charge in [0.25, 0.3) is 0 Å². The van der Waals surface area contributed by atoms with Crippen molar-refractivity contribution in [1.29, 1.82) is 0 Å². The molecule has 296 valence electrons. The molecule has 4 nitrogen and oxygen atoms in total. The minimum atomic E-state index is -0.369. The number of para-hydroxylation sites is 2. The highest BCUT2D eigenvalue weighted by molar-refractivity contribution is 6.17. The van der Waals surface area contributed by atoms with Crippen molar-refractivity contribution in [2.75, 3.05) is 0 Å². The molecular formula is C60H36N4. The summed E-state index contributed by atoms with van der Waals surface area (Å²) < 4.78 is 2.33. The number of nitrogens with zero attached hydrogens (tertiary/aromatic N) is 4. The van der Waals surface area contributed by atoms with Crippen molar-refractivity contribution in [3.8, 4) is 62.1 Å². The van der Waals surface area contributed by atoms with Gasteiger partial charge in [0.1, 0.15) is 0 Å². The molecule has 2 aliphatic carbocycles. The van der Waals surface area contributed by atoms with Gasteiger partial charge in [0.05, 0.1) is 16.4 Å². The van der Waals surface area contributed by atoms with E-state index in [0.717, 1.165) is 39.0 Å². The van der Waals surface area contributed by atoms with Gasteiger partial charge in [-0.1, -0.05) is 188 Å². The monoisotopic (exact) mass is 812 g/mol. The summed E-state index contributed by atoms with van der Waals surface area (Å²) in [4.78, 5) is 15.4. The molecule has 0 bridgehead atoms. The predicted molar refractivity (Wildman–Crippen MR) is 262 cm³/mol. The highest BCUT2D eigenvalue weighted by Gasteiger charge is 2.50. The van der Waals surface area contributed by atoms with Crippen LogP contribution in [-0.4, -0.2) is 19.5 Å². The van der Waals surface area contributed by atoms with Gasteiger partial charge in [-0.2, -0.15) is 0 Å². The van der Waals surface area contributed by atoms with Crippen LogP contribution in [-0.2, 0) is 5.41 Å². The molecule has 4 heteroatoms. The Morgan fingerprint density at radius 1 is 0.312 bits per heavy atom. The number of hydrogen-bond acceptors (Lipinski definition) is 3. The highest BCUT2D eigenvalue weighted by atomic mass is 15.0. The molecule has 12 aromatic rings. The minimum Gasteiger partial charge on any atom is -0.309 e. The molecule has 0 saturated carbocycles. The Bertz CT molecular complexity index is 3820. The van der Waals surface area contributed by atoms with E-state index in [-0.39, 0.29) is 5.41 Å². The summed E-state index contributed by atoms with van der Waals surface area (Å²) >= 11 is 0. The predicted octanol–water partition coefficient (Wildman–Crippen LogP) is 14.6. The van der Waals surface area contributed by atoms with Crippen molar-refractivity contribution in [1.82, 2.24) is 19.5 Å². The Morgan fingerprint density at radius 2 is 0.844 bits per heavy atom. The van der Waals surface area contributed by atoms with Crippen LogP contribution in [0.25, 0.3) is 105 Å². The molecule has 0 amide bonds. The first-order chi connectivity index (χ1) is 31.7. The molecule has 0 aliphatic heterocycles. The second-order valence-electron chi connectivity index (χ2n) is 17.1. The van der Waals surface area contributed by atoms with Crippen LogP contribution in [0.2, 0.25) is 0 Å². The fourth-order valence-electron chi connectivity index (χ4n) is 11.1. The molecule has 2 aliphatic rings. The van der Waals surface area contributed by atoms with Crippen molar-refractivity contribution < 1.29 is 0 Å². The zero-order chi connectivity index (χ0) is 41.9. The number of aromatic nitrogens is 4. The van der Waals surface area contributed by atoms with E-state index in [0.29, 0.717) is 17.5 Å². The minimum absolute atomic E-state index is 0.369. The van der Waals surface area contributed by atoms with E-state index in [1.807, 2.05) is 18.2 Å². The molecular weight excluding hydrogens is 777 g/mol. The molecule has 2 aromatic heterocycles. The molecule has 0 saturated heterocycles. The van der Waals surface area contributed by atoms with E-state index >= 15 is 0 Å². The van der Waals surface area contributed by atoms with Crippen molar-refractivity contribution in [2.24, 2.45) is 0 Å². The van der Waals surface area contributed by atoms with Crippen molar-refractivity contribution >= 4 is 43.4 Å². The largest absolute Gasteiger partial charge is 0.309 e. The molecule has 10 aromatic carbocycles. The van der Waals surface area contributed by atoms with Gasteiger partial charge in [-0.3, -0.25) is 0 Å². The van der Waals surface area contributed by atoms with E-state index in [1.165, 1.54) is 71.3 Å². The Labute approximate surface area is 369 Å². The first kappa shape index (κ1) is 35.2. The number of rotatable bonds is 5. The third-order valence-electron chi connectivity index (χ3n) is 13.8. The maximum atomic E-state index is 5.20. The molecule has 1 spiro atoms. The summed E-state index contributed by atoms with van der Waals surface area (Å²) in [5.74, 6) is 1.90. The summed E-state index contributed by atoms with van der Waals surface area (Å²) in [5, 5.41) is 7.75. The van der Waals surface area contributed by atoms with E-state index in [2.05, 4.69) is 205 Å². The van der Waals surface area contributed by atoms with E-state index in [1.54, 1.807) is 0 Å². The topological polar surface area (TPSA) is 43.6 Å².